The van der Waals surface area contributed by atoms with E-state index in [9.17, 15) is 9.59 Å². The molecule has 9 heteroatoms. The lowest BCUT2D eigenvalue weighted by molar-refractivity contribution is -0.121. The lowest BCUT2D eigenvalue weighted by Crippen LogP contribution is -2.35. The highest BCUT2D eigenvalue weighted by atomic mass is 35.5. The average Bonchev–Trinajstić information content (AvgIpc) is 3.18. The van der Waals surface area contributed by atoms with E-state index >= 15 is 0 Å². The largest absolute Gasteiger partial charge is 0.353 e. The third kappa shape index (κ3) is 4.66. The van der Waals surface area contributed by atoms with Crippen molar-refractivity contribution >= 4 is 51.6 Å². The van der Waals surface area contributed by atoms with Crippen molar-refractivity contribution in [2.24, 2.45) is 0 Å². The van der Waals surface area contributed by atoms with Gasteiger partial charge in [-0.05, 0) is 31.0 Å². The summed E-state index contributed by atoms with van der Waals surface area (Å²) in [5, 5.41) is 9.27. The Kier molecular flexibility index (Phi) is 6.01. The van der Waals surface area contributed by atoms with Gasteiger partial charge in [0.2, 0.25) is 5.91 Å². The molecule has 26 heavy (non-hydrogen) atoms. The van der Waals surface area contributed by atoms with Crippen molar-refractivity contribution in [3.8, 4) is 0 Å². The molecule has 0 aliphatic carbocycles. The Hall–Kier alpha value is -1.83. The number of halogens is 2. The van der Waals surface area contributed by atoms with E-state index in [1.807, 2.05) is 13.0 Å². The summed E-state index contributed by atoms with van der Waals surface area (Å²) in [6.07, 6.45) is 0.780. The van der Waals surface area contributed by atoms with E-state index in [1.54, 1.807) is 22.4 Å². The van der Waals surface area contributed by atoms with Gasteiger partial charge in [0, 0.05) is 34.6 Å². The van der Waals surface area contributed by atoms with E-state index < -0.39 is 0 Å². The summed E-state index contributed by atoms with van der Waals surface area (Å²) in [5.41, 5.74) is 1.58. The summed E-state index contributed by atoms with van der Waals surface area (Å²) < 4.78 is 0. The number of carbonyl (C=O) groups is 2. The minimum absolute atomic E-state index is 0.0800. The Morgan fingerprint density at radius 3 is 2.96 bits per heavy atom. The molecule has 1 aliphatic rings. The SMILES string of the molecule is CC(Cc1ccc(Cl)cc1Cl)NC(=O)Cc1csc(N2CCNC2=O)n1. The molecule has 3 amide bonds. The average molecular weight is 413 g/mol. The molecule has 0 saturated carbocycles. The summed E-state index contributed by atoms with van der Waals surface area (Å²) >= 11 is 13.4. The Balaban J connectivity index is 1.53. The van der Waals surface area contributed by atoms with Crippen LogP contribution < -0.4 is 15.5 Å². The summed E-state index contributed by atoms with van der Waals surface area (Å²) in [7, 11) is 0. The van der Waals surface area contributed by atoms with Gasteiger partial charge < -0.3 is 10.6 Å². The van der Waals surface area contributed by atoms with Crippen LogP contribution in [0.15, 0.2) is 23.6 Å². The highest BCUT2D eigenvalue weighted by Crippen LogP contribution is 2.23. The highest BCUT2D eigenvalue weighted by Gasteiger charge is 2.24. The molecule has 2 aromatic rings. The number of thiazole rings is 1. The Labute approximate surface area is 165 Å². The number of hydrogen-bond donors (Lipinski definition) is 2. The molecule has 1 fully saturated rings. The monoisotopic (exact) mass is 412 g/mol. The van der Waals surface area contributed by atoms with Crippen LogP contribution >= 0.6 is 34.5 Å². The van der Waals surface area contributed by atoms with Gasteiger partial charge in [-0.3, -0.25) is 9.69 Å². The first-order valence-corrected chi connectivity index (χ1v) is 9.79. The number of hydrogen-bond acceptors (Lipinski definition) is 4. The quantitative estimate of drug-likeness (QED) is 0.764. The predicted octanol–water partition coefficient (Wildman–Crippen LogP) is 3.27. The standard InChI is InChI=1S/C17H18Cl2N4O2S/c1-10(6-11-2-3-12(18)7-14(11)19)21-15(24)8-13-9-26-17(22-13)23-5-4-20-16(23)25/h2-3,7,9-10H,4-6,8H2,1H3,(H,20,25)(H,21,24). The maximum atomic E-state index is 12.3. The van der Waals surface area contributed by atoms with Crippen molar-refractivity contribution in [1.29, 1.82) is 0 Å². The maximum Gasteiger partial charge on any atom is 0.323 e. The second-order valence-corrected chi connectivity index (χ2v) is 7.77. The molecule has 1 unspecified atom stereocenters. The predicted molar refractivity (Wildman–Crippen MR) is 104 cm³/mol. The van der Waals surface area contributed by atoms with Crippen LogP contribution in [0.25, 0.3) is 0 Å². The van der Waals surface area contributed by atoms with Crippen LogP contribution in [0.4, 0.5) is 9.93 Å². The first-order chi connectivity index (χ1) is 12.4. The fourth-order valence-corrected chi connectivity index (χ4v) is 4.05. The third-order valence-corrected chi connectivity index (χ3v) is 5.42. The minimum Gasteiger partial charge on any atom is -0.353 e. The highest BCUT2D eigenvalue weighted by molar-refractivity contribution is 7.14. The molecule has 2 N–H and O–H groups in total. The minimum atomic E-state index is -0.149. The van der Waals surface area contributed by atoms with E-state index in [0.29, 0.717) is 40.4 Å². The molecule has 0 bridgehead atoms. The van der Waals surface area contributed by atoms with Crippen molar-refractivity contribution in [1.82, 2.24) is 15.6 Å². The van der Waals surface area contributed by atoms with Crippen molar-refractivity contribution in [2.75, 3.05) is 18.0 Å². The van der Waals surface area contributed by atoms with Gasteiger partial charge in [-0.15, -0.1) is 11.3 Å². The lowest BCUT2D eigenvalue weighted by Gasteiger charge is -2.14. The van der Waals surface area contributed by atoms with Gasteiger partial charge in [0.05, 0.1) is 12.1 Å². The van der Waals surface area contributed by atoms with Crippen molar-refractivity contribution < 1.29 is 9.59 Å². The molecular weight excluding hydrogens is 395 g/mol. The van der Waals surface area contributed by atoms with Crippen LogP contribution in [0.1, 0.15) is 18.2 Å². The van der Waals surface area contributed by atoms with E-state index in [1.165, 1.54) is 11.3 Å². The molecule has 1 aromatic carbocycles. The number of nitrogens with zero attached hydrogens (tertiary/aromatic N) is 2. The van der Waals surface area contributed by atoms with Crippen molar-refractivity contribution in [3.05, 3.63) is 44.9 Å². The zero-order chi connectivity index (χ0) is 18.7. The van der Waals surface area contributed by atoms with Crippen LogP contribution in [0.3, 0.4) is 0 Å². The van der Waals surface area contributed by atoms with Gasteiger partial charge in [-0.25, -0.2) is 9.78 Å². The zero-order valence-electron chi connectivity index (χ0n) is 14.1. The van der Waals surface area contributed by atoms with E-state index in [2.05, 4.69) is 15.6 Å². The number of urea groups is 1. The molecule has 138 valence electrons. The summed E-state index contributed by atoms with van der Waals surface area (Å²) in [6.45, 7) is 3.12. The molecular formula is C17H18Cl2N4O2S. The molecule has 1 aliphatic heterocycles. The maximum absolute atomic E-state index is 12.3. The molecule has 1 aromatic heterocycles. The summed E-state index contributed by atoms with van der Waals surface area (Å²) in [5.74, 6) is -0.120. The Morgan fingerprint density at radius 2 is 2.27 bits per heavy atom. The number of amides is 3. The number of rotatable bonds is 6. The molecule has 0 radical (unpaired) electrons. The van der Waals surface area contributed by atoms with E-state index in [4.69, 9.17) is 23.2 Å². The van der Waals surface area contributed by atoms with Gasteiger partial charge >= 0.3 is 6.03 Å². The normalized spacial score (nSPS) is 15.0. The molecule has 1 atom stereocenters. The van der Waals surface area contributed by atoms with Gasteiger partial charge in [0.1, 0.15) is 0 Å². The number of anilines is 1. The second-order valence-electron chi connectivity index (χ2n) is 6.09. The first kappa shape index (κ1) is 18.9. The zero-order valence-corrected chi connectivity index (χ0v) is 16.4. The first-order valence-electron chi connectivity index (χ1n) is 8.15. The van der Waals surface area contributed by atoms with Gasteiger partial charge in [-0.2, -0.15) is 0 Å². The van der Waals surface area contributed by atoms with Crippen LogP contribution in [0, 0.1) is 0 Å². The smallest absolute Gasteiger partial charge is 0.323 e. The van der Waals surface area contributed by atoms with Crippen molar-refractivity contribution in [2.45, 2.75) is 25.8 Å². The van der Waals surface area contributed by atoms with Gasteiger partial charge in [0.15, 0.2) is 5.13 Å². The molecule has 0 spiro atoms. The van der Waals surface area contributed by atoms with Gasteiger partial charge in [-0.1, -0.05) is 29.3 Å². The van der Waals surface area contributed by atoms with Crippen LogP contribution in [-0.4, -0.2) is 36.1 Å². The van der Waals surface area contributed by atoms with E-state index in [-0.39, 0.29) is 24.4 Å². The number of aromatic nitrogens is 1. The number of carbonyl (C=O) groups excluding carboxylic acids is 2. The van der Waals surface area contributed by atoms with Gasteiger partial charge in [0.25, 0.3) is 0 Å². The lowest BCUT2D eigenvalue weighted by atomic mass is 10.1. The molecule has 2 heterocycles. The third-order valence-electron chi connectivity index (χ3n) is 3.92. The van der Waals surface area contributed by atoms with Crippen LogP contribution in [0.2, 0.25) is 10.0 Å². The molecule has 3 rings (SSSR count). The summed E-state index contributed by atoms with van der Waals surface area (Å²) in [6, 6.07) is 5.11. The summed E-state index contributed by atoms with van der Waals surface area (Å²) in [4.78, 5) is 29.9. The topological polar surface area (TPSA) is 74.3 Å². The number of benzene rings is 1. The molecule has 1 saturated heterocycles. The fraction of sp³-hybridized carbons (Fsp3) is 0.353. The van der Waals surface area contributed by atoms with Crippen LogP contribution in [-0.2, 0) is 17.6 Å². The second kappa shape index (κ2) is 8.24. The van der Waals surface area contributed by atoms with E-state index in [0.717, 1.165) is 5.56 Å². The molecule has 6 nitrogen and oxygen atoms in total. The Bertz CT molecular complexity index is 827. The van der Waals surface area contributed by atoms with Crippen LogP contribution in [0.5, 0.6) is 0 Å². The number of nitrogens with one attached hydrogen (secondary N) is 2. The Morgan fingerprint density at radius 1 is 1.46 bits per heavy atom. The van der Waals surface area contributed by atoms with Crippen molar-refractivity contribution in [3.63, 3.8) is 0 Å². The fourth-order valence-electron chi connectivity index (χ4n) is 2.71.